The molecule has 138 valence electrons. The van der Waals surface area contributed by atoms with E-state index in [1.54, 1.807) is 18.3 Å². The zero-order chi connectivity index (χ0) is 19.7. The number of benzene rings is 2. The van der Waals surface area contributed by atoms with Crippen molar-refractivity contribution in [1.82, 2.24) is 9.97 Å². The molecule has 0 unspecified atom stereocenters. The second-order valence-corrected chi connectivity index (χ2v) is 5.95. The molecule has 27 heavy (non-hydrogen) atoms. The van der Waals surface area contributed by atoms with Gasteiger partial charge in [-0.05, 0) is 30.3 Å². The molecule has 4 aromatic rings. The van der Waals surface area contributed by atoms with Gasteiger partial charge in [0.1, 0.15) is 11.5 Å². The maximum Gasteiger partial charge on any atom is 0.337 e. The van der Waals surface area contributed by atoms with Gasteiger partial charge in [-0.2, -0.15) is 0 Å². The van der Waals surface area contributed by atoms with Crippen LogP contribution in [-0.4, -0.2) is 42.3 Å². The van der Waals surface area contributed by atoms with Gasteiger partial charge in [-0.25, -0.2) is 9.59 Å². The van der Waals surface area contributed by atoms with E-state index in [4.69, 9.17) is 21.8 Å². The van der Waals surface area contributed by atoms with Crippen LogP contribution in [-0.2, 0) is 0 Å². The Morgan fingerprint density at radius 1 is 0.889 bits per heavy atom. The van der Waals surface area contributed by atoms with Gasteiger partial charge in [-0.1, -0.05) is 11.6 Å². The number of H-pyrrole nitrogens is 2. The van der Waals surface area contributed by atoms with E-state index in [1.165, 1.54) is 18.3 Å². The van der Waals surface area contributed by atoms with Crippen LogP contribution in [0.3, 0.4) is 0 Å². The predicted octanol–water partition coefficient (Wildman–Crippen LogP) is 3.80. The average Bonchev–Trinajstić information content (AvgIpc) is 3.26. The first-order valence-electron chi connectivity index (χ1n) is 7.55. The molecule has 8 nitrogen and oxygen atoms in total. The molecule has 2 aromatic heterocycles. The standard InChI is InChI=1S/C9H6ClNO3.C9H7NO3/c10-7-4-1-2-11-8(4)5(9(13)14)3-6(7)12;11-8-4-10-7-2-1-5(9(12)13)3-6(7)8/h1-3,11-12H,(H,13,14);1-4,10-11H,(H,12,13). The van der Waals surface area contributed by atoms with Gasteiger partial charge in [0.2, 0.25) is 0 Å². The Labute approximate surface area is 156 Å². The summed E-state index contributed by atoms with van der Waals surface area (Å²) in [6.07, 6.45) is 3.00. The topological polar surface area (TPSA) is 147 Å². The van der Waals surface area contributed by atoms with Gasteiger partial charge in [0, 0.05) is 28.7 Å². The summed E-state index contributed by atoms with van der Waals surface area (Å²) in [5, 5.41) is 37.4. The van der Waals surface area contributed by atoms with Crippen LogP contribution < -0.4 is 0 Å². The molecule has 0 aliphatic carbocycles. The zero-order valence-corrected chi connectivity index (χ0v) is 14.3. The Balaban J connectivity index is 0.000000156. The van der Waals surface area contributed by atoms with E-state index in [-0.39, 0.29) is 27.6 Å². The normalized spacial score (nSPS) is 10.6. The zero-order valence-electron chi connectivity index (χ0n) is 13.5. The minimum atomic E-state index is -1.11. The molecular weight excluding hydrogens is 376 g/mol. The number of rotatable bonds is 2. The number of aromatic carboxylic acids is 2. The molecule has 2 aromatic carbocycles. The minimum Gasteiger partial charge on any atom is -0.506 e. The molecule has 0 saturated carbocycles. The molecule has 0 aliphatic heterocycles. The molecule has 0 fully saturated rings. The largest absolute Gasteiger partial charge is 0.506 e. The highest BCUT2D eigenvalue weighted by molar-refractivity contribution is 6.37. The van der Waals surface area contributed by atoms with Crippen molar-refractivity contribution in [1.29, 1.82) is 0 Å². The number of fused-ring (bicyclic) bond motifs is 2. The van der Waals surface area contributed by atoms with Crippen LogP contribution in [0.5, 0.6) is 11.5 Å². The van der Waals surface area contributed by atoms with Crippen LogP contribution >= 0.6 is 11.6 Å². The number of hydrogen-bond acceptors (Lipinski definition) is 4. The van der Waals surface area contributed by atoms with Crippen LogP contribution in [0, 0.1) is 0 Å². The van der Waals surface area contributed by atoms with Crippen LogP contribution in [0.25, 0.3) is 21.8 Å². The van der Waals surface area contributed by atoms with Gasteiger partial charge in [-0.15, -0.1) is 0 Å². The van der Waals surface area contributed by atoms with Crippen molar-refractivity contribution in [3.8, 4) is 11.5 Å². The SMILES string of the molecule is O=C(O)c1cc(O)c(Cl)c2cc[nH]c12.O=C(O)c1ccc2[nH]cc(O)c2c1. The molecule has 2 heterocycles. The molecule has 6 N–H and O–H groups in total. The fraction of sp³-hybridized carbons (Fsp3) is 0. The summed E-state index contributed by atoms with van der Waals surface area (Å²) in [6.45, 7) is 0. The summed E-state index contributed by atoms with van der Waals surface area (Å²) in [5.74, 6) is -2.26. The Bertz CT molecular complexity index is 1180. The average molecular weight is 389 g/mol. The van der Waals surface area contributed by atoms with Gasteiger partial charge in [-0.3, -0.25) is 0 Å². The van der Waals surface area contributed by atoms with Gasteiger partial charge >= 0.3 is 11.9 Å². The van der Waals surface area contributed by atoms with Gasteiger partial charge in [0.15, 0.2) is 0 Å². The Kier molecular flexibility index (Phi) is 4.66. The molecule has 0 atom stereocenters. The lowest BCUT2D eigenvalue weighted by Crippen LogP contribution is -1.97. The van der Waals surface area contributed by atoms with Crippen LogP contribution in [0.1, 0.15) is 20.7 Å². The lowest BCUT2D eigenvalue weighted by molar-refractivity contribution is 0.0687. The number of carboxylic acid groups (broad SMARTS) is 2. The minimum absolute atomic E-state index is 0.00639. The highest BCUT2D eigenvalue weighted by atomic mass is 35.5. The first-order chi connectivity index (χ1) is 12.8. The number of carboxylic acids is 2. The van der Waals surface area contributed by atoms with Crippen molar-refractivity contribution < 1.29 is 30.0 Å². The van der Waals surface area contributed by atoms with Crippen LogP contribution in [0.2, 0.25) is 5.02 Å². The number of aromatic hydroxyl groups is 2. The maximum absolute atomic E-state index is 10.8. The number of phenolic OH excluding ortho intramolecular Hbond substituents is 1. The third-order valence-electron chi connectivity index (χ3n) is 3.90. The Morgan fingerprint density at radius 3 is 2.30 bits per heavy atom. The summed E-state index contributed by atoms with van der Waals surface area (Å²) in [5.41, 5.74) is 1.32. The smallest absolute Gasteiger partial charge is 0.337 e. The second kappa shape index (κ2) is 6.93. The quantitative estimate of drug-likeness (QED) is 0.308. The summed E-state index contributed by atoms with van der Waals surface area (Å²) < 4.78 is 0. The fourth-order valence-corrected chi connectivity index (χ4v) is 2.81. The van der Waals surface area contributed by atoms with Crippen molar-refractivity contribution in [3.05, 3.63) is 58.9 Å². The first-order valence-corrected chi connectivity index (χ1v) is 7.92. The maximum atomic E-state index is 10.8. The van der Waals surface area contributed by atoms with Gasteiger partial charge < -0.3 is 30.4 Å². The monoisotopic (exact) mass is 388 g/mol. The van der Waals surface area contributed by atoms with Crippen molar-refractivity contribution in [3.63, 3.8) is 0 Å². The number of aromatic amines is 2. The molecule has 0 amide bonds. The lowest BCUT2D eigenvalue weighted by Gasteiger charge is -2.02. The van der Waals surface area contributed by atoms with E-state index >= 15 is 0 Å². The van der Waals surface area contributed by atoms with Crippen molar-refractivity contribution in [2.75, 3.05) is 0 Å². The molecule has 0 aliphatic rings. The number of nitrogens with one attached hydrogen (secondary N) is 2. The molecule has 0 spiro atoms. The Morgan fingerprint density at radius 2 is 1.63 bits per heavy atom. The summed E-state index contributed by atoms with van der Waals surface area (Å²) in [4.78, 5) is 27.0. The van der Waals surface area contributed by atoms with Crippen molar-refractivity contribution >= 4 is 45.3 Å². The number of aromatic nitrogens is 2. The summed E-state index contributed by atoms with van der Waals surface area (Å²) in [7, 11) is 0. The number of halogens is 1. The molecule has 0 saturated heterocycles. The summed E-state index contributed by atoms with van der Waals surface area (Å²) >= 11 is 5.78. The number of carbonyl (C=O) groups is 2. The highest BCUT2D eigenvalue weighted by Gasteiger charge is 2.15. The van der Waals surface area contributed by atoms with Gasteiger partial charge in [0.05, 0.1) is 21.7 Å². The molecular formula is C18H13ClN2O6. The lowest BCUT2D eigenvalue weighted by atomic mass is 10.1. The molecule has 4 rings (SSSR count). The van der Waals surface area contributed by atoms with E-state index in [1.807, 2.05) is 0 Å². The van der Waals surface area contributed by atoms with Crippen molar-refractivity contribution in [2.45, 2.75) is 0 Å². The number of phenols is 1. The molecule has 0 radical (unpaired) electrons. The highest BCUT2D eigenvalue weighted by Crippen LogP contribution is 2.33. The van der Waals surface area contributed by atoms with E-state index < -0.39 is 11.9 Å². The third-order valence-corrected chi connectivity index (χ3v) is 4.29. The van der Waals surface area contributed by atoms with E-state index in [0.29, 0.717) is 16.3 Å². The van der Waals surface area contributed by atoms with E-state index in [0.717, 1.165) is 11.6 Å². The molecule has 9 heteroatoms. The predicted molar refractivity (Wildman–Crippen MR) is 98.9 cm³/mol. The summed E-state index contributed by atoms with van der Waals surface area (Å²) in [6, 6.07) is 7.29. The van der Waals surface area contributed by atoms with Crippen LogP contribution in [0.15, 0.2) is 42.7 Å². The fourth-order valence-electron chi connectivity index (χ4n) is 2.59. The van der Waals surface area contributed by atoms with Crippen LogP contribution in [0.4, 0.5) is 0 Å². The van der Waals surface area contributed by atoms with E-state index in [2.05, 4.69) is 9.97 Å². The van der Waals surface area contributed by atoms with Crippen molar-refractivity contribution in [2.24, 2.45) is 0 Å². The van der Waals surface area contributed by atoms with Gasteiger partial charge in [0.25, 0.3) is 0 Å². The first kappa shape index (κ1) is 18.2. The third kappa shape index (κ3) is 3.38. The Hall–Kier alpha value is -3.65. The molecule has 0 bridgehead atoms. The number of hydrogen-bond donors (Lipinski definition) is 6. The van der Waals surface area contributed by atoms with E-state index in [9.17, 15) is 19.8 Å². The second-order valence-electron chi connectivity index (χ2n) is 5.57.